The van der Waals surface area contributed by atoms with Crippen molar-refractivity contribution in [3.63, 3.8) is 0 Å². The Morgan fingerprint density at radius 3 is 2.37 bits per heavy atom. The van der Waals surface area contributed by atoms with Gasteiger partial charge in [-0.05, 0) is 52.7 Å². The number of alkyl halides is 3. The van der Waals surface area contributed by atoms with Gasteiger partial charge in [0, 0.05) is 37.2 Å². The second kappa shape index (κ2) is 7.63. The highest BCUT2D eigenvalue weighted by molar-refractivity contribution is 5.97. The number of amides is 2. The highest BCUT2D eigenvalue weighted by Crippen LogP contribution is 2.45. The Morgan fingerprint density at radius 1 is 1.17 bits per heavy atom. The molecule has 10 heteroatoms. The van der Waals surface area contributed by atoms with Crippen molar-refractivity contribution in [3.05, 3.63) is 17.8 Å². The maximum atomic E-state index is 12.8. The van der Waals surface area contributed by atoms with Crippen LogP contribution in [0.2, 0.25) is 0 Å². The predicted molar refractivity (Wildman–Crippen MR) is 102 cm³/mol. The van der Waals surface area contributed by atoms with Crippen LogP contribution in [0.15, 0.2) is 12.1 Å². The number of nitrogens with zero attached hydrogens (tertiary/aromatic N) is 3. The van der Waals surface area contributed by atoms with Gasteiger partial charge in [0.25, 0.3) is 0 Å². The Balaban J connectivity index is 1.73. The molecule has 3 rings (SSSR count). The highest BCUT2D eigenvalue weighted by atomic mass is 19.4. The van der Waals surface area contributed by atoms with Crippen LogP contribution in [0.5, 0.6) is 5.88 Å². The van der Waals surface area contributed by atoms with Crippen molar-refractivity contribution in [2.75, 3.05) is 24.5 Å². The highest BCUT2D eigenvalue weighted by Gasteiger charge is 2.47. The van der Waals surface area contributed by atoms with Crippen molar-refractivity contribution >= 4 is 17.7 Å². The first-order valence-corrected chi connectivity index (χ1v) is 9.79. The lowest BCUT2D eigenvalue weighted by molar-refractivity contribution is -0.276. The average molecular weight is 429 g/mol. The lowest BCUT2D eigenvalue weighted by Gasteiger charge is -2.39. The maximum absolute atomic E-state index is 12.8. The van der Waals surface area contributed by atoms with Crippen LogP contribution in [0.1, 0.15) is 45.7 Å². The average Bonchev–Trinajstić information content (AvgIpc) is 2.88. The summed E-state index contributed by atoms with van der Waals surface area (Å²) < 4.78 is 47.9. The van der Waals surface area contributed by atoms with E-state index < -0.39 is 29.4 Å². The summed E-state index contributed by atoms with van der Waals surface area (Å²) in [5.74, 6) is -0.905. The van der Waals surface area contributed by atoms with E-state index in [0.29, 0.717) is 31.6 Å². The normalized spacial score (nSPS) is 19.4. The third-order valence-corrected chi connectivity index (χ3v) is 5.28. The monoisotopic (exact) mass is 429 g/mol. The van der Waals surface area contributed by atoms with Crippen molar-refractivity contribution < 1.29 is 32.2 Å². The van der Waals surface area contributed by atoms with Gasteiger partial charge in [0.1, 0.15) is 11.3 Å². The minimum absolute atomic E-state index is 0.00868. The fraction of sp³-hybridized carbons (Fsp3) is 0.650. The van der Waals surface area contributed by atoms with Gasteiger partial charge in [-0.3, -0.25) is 4.79 Å². The summed E-state index contributed by atoms with van der Waals surface area (Å²) in [7, 11) is 0. The minimum atomic E-state index is -4.91. The number of hydrogen-bond donors (Lipinski definition) is 0. The van der Waals surface area contributed by atoms with Gasteiger partial charge in [0.05, 0.1) is 0 Å². The second-order valence-corrected chi connectivity index (χ2v) is 8.95. The second-order valence-electron chi connectivity index (χ2n) is 8.95. The van der Waals surface area contributed by atoms with E-state index >= 15 is 0 Å². The van der Waals surface area contributed by atoms with E-state index in [-0.39, 0.29) is 24.6 Å². The number of carbonyl (C=O) groups is 2. The van der Waals surface area contributed by atoms with Crippen LogP contribution in [0.3, 0.4) is 0 Å². The topological polar surface area (TPSA) is 72.0 Å². The molecule has 2 aliphatic heterocycles. The Morgan fingerprint density at radius 2 is 1.80 bits per heavy atom. The predicted octanol–water partition coefficient (Wildman–Crippen LogP) is 4.04. The summed E-state index contributed by atoms with van der Waals surface area (Å²) in [6, 6.07) is 2.97. The zero-order valence-corrected chi connectivity index (χ0v) is 17.5. The molecule has 2 fully saturated rings. The minimum Gasteiger partial charge on any atom is -0.444 e. The van der Waals surface area contributed by atoms with Crippen LogP contribution in [0, 0.1) is 12.3 Å². The van der Waals surface area contributed by atoms with Crippen LogP contribution in [-0.4, -0.2) is 53.5 Å². The first kappa shape index (κ1) is 22.2. The van der Waals surface area contributed by atoms with Crippen molar-refractivity contribution in [3.8, 4) is 5.88 Å². The van der Waals surface area contributed by atoms with Crippen molar-refractivity contribution in [1.82, 2.24) is 9.88 Å². The molecule has 0 bridgehead atoms. The number of anilines is 1. The third-order valence-electron chi connectivity index (χ3n) is 5.28. The van der Waals surface area contributed by atoms with Gasteiger partial charge in [-0.25, -0.2) is 9.78 Å². The molecular formula is C20H26F3N3O4. The molecule has 0 N–H and O–H groups in total. The summed E-state index contributed by atoms with van der Waals surface area (Å²) in [6.07, 6.45) is -3.99. The molecule has 0 unspecified atom stereocenters. The largest absolute Gasteiger partial charge is 0.574 e. The van der Waals surface area contributed by atoms with Crippen molar-refractivity contribution in [2.45, 2.75) is 58.9 Å². The SMILES string of the molecule is Cc1ccc(N2CC3(CCN(C(=O)OC(C)(C)C)CC3)CC2=O)c(OC(F)(F)F)n1. The van der Waals surface area contributed by atoms with Gasteiger partial charge in [-0.2, -0.15) is 0 Å². The molecular weight excluding hydrogens is 403 g/mol. The molecule has 2 aliphatic rings. The third kappa shape index (κ3) is 5.14. The molecule has 0 saturated carbocycles. The number of aryl methyl sites for hydroxylation is 1. The van der Waals surface area contributed by atoms with E-state index in [4.69, 9.17) is 4.74 Å². The van der Waals surface area contributed by atoms with Crippen LogP contribution in [0.25, 0.3) is 0 Å². The molecule has 1 spiro atoms. The summed E-state index contributed by atoms with van der Waals surface area (Å²) in [5.41, 5.74) is -0.644. The first-order chi connectivity index (χ1) is 13.8. The molecule has 1 aromatic rings. The number of hydrogen-bond acceptors (Lipinski definition) is 5. The molecule has 3 heterocycles. The molecule has 2 saturated heterocycles. The van der Waals surface area contributed by atoms with Gasteiger partial charge < -0.3 is 19.3 Å². The van der Waals surface area contributed by atoms with Gasteiger partial charge in [-0.15, -0.1) is 13.2 Å². The van der Waals surface area contributed by atoms with E-state index in [2.05, 4.69) is 9.72 Å². The smallest absolute Gasteiger partial charge is 0.444 e. The van der Waals surface area contributed by atoms with Crippen LogP contribution < -0.4 is 9.64 Å². The summed E-state index contributed by atoms with van der Waals surface area (Å²) in [5, 5.41) is 0. The zero-order chi connectivity index (χ0) is 22.3. The number of carbonyl (C=O) groups excluding carboxylic acids is 2. The van der Waals surface area contributed by atoms with Crippen molar-refractivity contribution in [1.29, 1.82) is 0 Å². The lowest BCUT2D eigenvalue weighted by atomic mass is 9.78. The Labute approximate surface area is 173 Å². The molecule has 0 radical (unpaired) electrons. The van der Waals surface area contributed by atoms with Crippen LogP contribution in [0.4, 0.5) is 23.7 Å². The number of ether oxygens (including phenoxy) is 2. The lowest BCUT2D eigenvalue weighted by Crippen LogP contribution is -2.46. The number of aromatic nitrogens is 1. The molecule has 0 aromatic carbocycles. The molecule has 0 atom stereocenters. The van der Waals surface area contributed by atoms with E-state index in [9.17, 15) is 22.8 Å². The summed E-state index contributed by atoms with van der Waals surface area (Å²) in [6.45, 7) is 8.03. The van der Waals surface area contributed by atoms with Gasteiger partial charge in [-0.1, -0.05) is 0 Å². The Hall–Kier alpha value is -2.52. The van der Waals surface area contributed by atoms with E-state index in [1.165, 1.54) is 11.0 Å². The summed E-state index contributed by atoms with van der Waals surface area (Å²) in [4.78, 5) is 31.7. The molecule has 1 aromatic heterocycles. The standard InChI is InChI=1S/C20H26F3N3O4/c1-13-5-6-14(16(24-13)29-20(21,22)23)26-12-19(11-15(26)27)7-9-25(10-8-19)17(28)30-18(2,3)4/h5-6H,7-12H2,1-4H3. The number of rotatable bonds is 2. The van der Waals surface area contributed by atoms with Crippen LogP contribution >= 0.6 is 0 Å². The molecule has 30 heavy (non-hydrogen) atoms. The number of likely N-dealkylation sites (tertiary alicyclic amines) is 1. The Bertz CT molecular complexity index is 828. The summed E-state index contributed by atoms with van der Waals surface area (Å²) >= 11 is 0. The number of piperidine rings is 1. The fourth-order valence-electron chi connectivity index (χ4n) is 3.86. The molecule has 7 nitrogen and oxygen atoms in total. The van der Waals surface area contributed by atoms with E-state index in [1.54, 1.807) is 38.7 Å². The first-order valence-electron chi connectivity index (χ1n) is 9.79. The fourth-order valence-corrected chi connectivity index (χ4v) is 3.86. The maximum Gasteiger partial charge on any atom is 0.574 e. The van der Waals surface area contributed by atoms with E-state index in [1.807, 2.05) is 0 Å². The van der Waals surface area contributed by atoms with Crippen molar-refractivity contribution in [2.24, 2.45) is 5.41 Å². The molecule has 0 aliphatic carbocycles. The van der Waals surface area contributed by atoms with E-state index in [0.717, 1.165) is 0 Å². The van der Waals surface area contributed by atoms with Gasteiger partial charge >= 0.3 is 12.5 Å². The molecule has 2 amide bonds. The molecule has 166 valence electrons. The number of pyridine rings is 1. The van der Waals surface area contributed by atoms with Gasteiger partial charge in [0.15, 0.2) is 0 Å². The van der Waals surface area contributed by atoms with Crippen LogP contribution in [-0.2, 0) is 9.53 Å². The zero-order valence-electron chi connectivity index (χ0n) is 17.5. The Kier molecular flexibility index (Phi) is 5.64. The van der Waals surface area contributed by atoms with Gasteiger partial charge in [0.2, 0.25) is 11.8 Å². The quantitative estimate of drug-likeness (QED) is 0.710. The number of halogens is 3.